The van der Waals surface area contributed by atoms with E-state index in [-0.39, 0.29) is 0 Å². The molecule has 144 valence electrons. The maximum atomic E-state index is 5.91. The Kier molecular flexibility index (Phi) is 4.59. The van der Waals surface area contributed by atoms with Crippen molar-refractivity contribution in [3.05, 3.63) is 65.7 Å². The molecule has 1 aliphatic heterocycles. The summed E-state index contributed by atoms with van der Waals surface area (Å²) in [4.78, 5) is 5.91. The number of nitrogens with zero attached hydrogens (tertiary/aromatic N) is 1. The van der Waals surface area contributed by atoms with Gasteiger partial charge in [0.2, 0.25) is 5.75 Å². The van der Waals surface area contributed by atoms with Gasteiger partial charge in [-0.05, 0) is 35.9 Å². The van der Waals surface area contributed by atoms with Crippen molar-refractivity contribution in [2.45, 2.75) is 18.9 Å². The molecule has 3 aromatic rings. The maximum absolute atomic E-state index is 5.91. The number of benzene rings is 3. The van der Waals surface area contributed by atoms with Crippen LogP contribution in [0.5, 0.6) is 17.2 Å². The summed E-state index contributed by atoms with van der Waals surface area (Å²) in [5.41, 5.74) is 2.28. The summed E-state index contributed by atoms with van der Waals surface area (Å²) in [7, 11) is 4.81. The van der Waals surface area contributed by atoms with Crippen molar-refractivity contribution in [3.63, 3.8) is 0 Å². The fourth-order valence-corrected chi connectivity index (χ4v) is 3.60. The van der Waals surface area contributed by atoms with Gasteiger partial charge in [0.25, 0.3) is 0 Å². The van der Waals surface area contributed by atoms with Gasteiger partial charge in [-0.2, -0.15) is 0 Å². The highest BCUT2D eigenvalue weighted by atomic mass is 16.7. The Morgan fingerprint density at radius 1 is 0.857 bits per heavy atom. The van der Waals surface area contributed by atoms with Gasteiger partial charge in [0.05, 0.1) is 27.0 Å². The Morgan fingerprint density at radius 3 is 2.18 bits per heavy atom. The first-order valence-electron chi connectivity index (χ1n) is 9.12. The fourth-order valence-electron chi connectivity index (χ4n) is 3.60. The molecule has 0 radical (unpaired) electrons. The first-order valence-corrected chi connectivity index (χ1v) is 9.12. The molecule has 3 aromatic carbocycles. The van der Waals surface area contributed by atoms with Crippen LogP contribution in [-0.2, 0) is 10.4 Å². The van der Waals surface area contributed by atoms with Crippen LogP contribution in [0, 0.1) is 0 Å². The van der Waals surface area contributed by atoms with Crippen molar-refractivity contribution in [1.82, 2.24) is 0 Å². The Bertz CT molecular complexity index is 1030. The molecule has 1 heterocycles. The average molecular weight is 377 g/mol. The number of methoxy groups -OCH3 is 3. The predicted molar refractivity (Wildman–Crippen MR) is 110 cm³/mol. The van der Waals surface area contributed by atoms with Gasteiger partial charge in [-0.3, -0.25) is 0 Å². The second kappa shape index (κ2) is 7.08. The maximum Gasteiger partial charge on any atom is 0.203 e. The molecule has 0 amide bonds. The van der Waals surface area contributed by atoms with Gasteiger partial charge >= 0.3 is 0 Å². The van der Waals surface area contributed by atoms with E-state index < -0.39 is 5.60 Å². The predicted octanol–water partition coefficient (Wildman–Crippen LogP) is 4.91. The van der Waals surface area contributed by atoms with Gasteiger partial charge in [-0.25, -0.2) is 0 Å². The number of rotatable bonds is 5. The average Bonchev–Trinajstić information content (AvgIpc) is 3.15. The monoisotopic (exact) mass is 377 g/mol. The Morgan fingerprint density at radius 2 is 1.54 bits per heavy atom. The van der Waals surface area contributed by atoms with E-state index in [2.05, 4.69) is 35.5 Å². The van der Waals surface area contributed by atoms with Crippen molar-refractivity contribution in [2.75, 3.05) is 21.3 Å². The van der Waals surface area contributed by atoms with Crippen molar-refractivity contribution in [2.24, 2.45) is 5.16 Å². The van der Waals surface area contributed by atoms with Crippen LogP contribution in [0.4, 0.5) is 0 Å². The van der Waals surface area contributed by atoms with Crippen LogP contribution in [0.3, 0.4) is 0 Å². The zero-order valence-corrected chi connectivity index (χ0v) is 16.5. The lowest BCUT2D eigenvalue weighted by Gasteiger charge is -2.24. The van der Waals surface area contributed by atoms with E-state index in [9.17, 15) is 0 Å². The number of fused-ring (bicyclic) bond motifs is 1. The summed E-state index contributed by atoms with van der Waals surface area (Å²) in [6.45, 7) is 2.02. The van der Waals surface area contributed by atoms with Crippen molar-refractivity contribution in [1.29, 1.82) is 0 Å². The molecule has 0 saturated carbocycles. The lowest BCUT2D eigenvalue weighted by atomic mass is 9.88. The molecule has 1 atom stereocenters. The molecule has 4 rings (SSSR count). The smallest absolute Gasteiger partial charge is 0.203 e. The number of ether oxygens (including phenoxy) is 3. The van der Waals surface area contributed by atoms with Crippen molar-refractivity contribution < 1.29 is 19.0 Å². The molecule has 28 heavy (non-hydrogen) atoms. The zero-order chi connectivity index (χ0) is 19.7. The van der Waals surface area contributed by atoms with Crippen LogP contribution in [0.15, 0.2) is 59.8 Å². The topological polar surface area (TPSA) is 49.3 Å². The molecule has 1 aliphatic rings. The molecule has 5 nitrogen and oxygen atoms in total. The molecular weight excluding hydrogens is 354 g/mol. The summed E-state index contributed by atoms with van der Waals surface area (Å²) in [5, 5.41) is 6.79. The lowest BCUT2D eigenvalue weighted by molar-refractivity contribution is -0.00770. The first-order chi connectivity index (χ1) is 13.6. The zero-order valence-electron chi connectivity index (χ0n) is 16.5. The van der Waals surface area contributed by atoms with Gasteiger partial charge in [0.15, 0.2) is 17.1 Å². The third-order valence-electron chi connectivity index (χ3n) is 5.22. The largest absolute Gasteiger partial charge is 0.493 e. The Balaban J connectivity index is 1.67. The fraction of sp³-hybridized carbons (Fsp3) is 0.261. The summed E-state index contributed by atoms with van der Waals surface area (Å²) >= 11 is 0. The van der Waals surface area contributed by atoms with Crippen LogP contribution in [0.1, 0.15) is 24.5 Å². The van der Waals surface area contributed by atoms with E-state index in [0.29, 0.717) is 23.7 Å². The number of hydrogen-bond acceptors (Lipinski definition) is 5. The molecule has 0 aliphatic carbocycles. The standard InChI is InChI=1S/C23H23NO4/c1-23(18-12-20(25-2)22(27-4)21(13-18)26-3)14-19(24-28-23)17-10-9-15-7-5-6-8-16(15)11-17/h5-13H,14H2,1-4H3. The van der Waals surface area contributed by atoms with E-state index in [1.54, 1.807) is 21.3 Å². The molecular formula is C23H23NO4. The second-order valence-electron chi connectivity index (χ2n) is 7.01. The minimum absolute atomic E-state index is 0.561. The van der Waals surface area contributed by atoms with E-state index in [0.717, 1.165) is 16.8 Å². The van der Waals surface area contributed by atoms with Gasteiger partial charge in [0, 0.05) is 17.5 Å². The highest BCUT2D eigenvalue weighted by Gasteiger charge is 2.38. The minimum atomic E-state index is -0.617. The SMILES string of the molecule is COc1cc(C2(C)CC(c3ccc4ccccc4c3)=NO2)cc(OC)c1OC. The van der Waals surface area contributed by atoms with Gasteiger partial charge < -0.3 is 19.0 Å². The highest BCUT2D eigenvalue weighted by Crippen LogP contribution is 2.44. The van der Waals surface area contributed by atoms with E-state index in [1.807, 2.05) is 31.2 Å². The van der Waals surface area contributed by atoms with Crippen molar-refractivity contribution in [3.8, 4) is 17.2 Å². The summed E-state index contributed by atoms with van der Waals surface area (Å²) in [6.07, 6.45) is 0.643. The van der Waals surface area contributed by atoms with Gasteiger partial charge in [0.1, 0.15) is 0 Å². The summed E-state index contributed by atoms with van der Waals surface area (Å²) in [5.74, 6) is 1.76. The molecule has 0 saturated heterocycles. The molecule has 1 unspecified atom stereocenters. The molecule has 0 fully saturated rings. The third kappa shape index (κ3) is 3.03. The Labute approximate surface area is 164 Å². The van der Waals surface area contributed by atoms with E-state index >= 15 is 0 Å². The molecule has 0 aromatic heterocycles. The summed E-state index contributed by atoms with van der Waals surface area (Å²) < 4.78 is 16.4. The molecule has 0 N–H and O–H groups in total. The number of hydrogen-bond donors (Lipinski definition) is 0. The van der Waals surface area contributed by atoms with Crippen LogP contribution in [-0.4, -0.2) is 27.0 Å². The highest BCUT2D eigenvalue weighted by molar-refractivity contribution is 6.04. The van der Waals surface area contributed by atoms with E-state index in [4.69, 9.17) is 19.0 Å². The number of oxime groups is 1. The molecule has 0 bridgehead atoms. The first kappa shape index (κ1) is 18.2. The van der Waals surface area contributed by atoms with Gasteiger partial charge in [-0.15, -0.1) is 0 Å². The molecule has 5 heteroatoms. The normalized spacial score (nSPS) is 18.5. The molecule has 0 spiro atoms. The lowest BCUT2D eigenvalue weighted by Crippen LogP contribution is -2.22. The van der Waals surface area contributed by atoms with Crippen molar-refractivity contribution >= 4 is 16.5 Å². The van der Waals surface area contributed by atoms with Crippen LogP contribution in [0.25, 0.3) is 10.8 Å². The van der Waals surface area contributed by atoms with Crippen LogP contribution >= 0.6 is 0 Å². The minimum Gasteiger partial charge on any atom is -0.493 e. The van der Waals surface area contributed by atoms with Gasteiger partial charge in [-0.1, -0.05) is 41.6 Å². The quantitative estimate of drug-likeness (QED) is 0.634. The van der Waals surface area contributed by atoms with E-state index in [1.165, 1.54) is 10.8 Å². The Hall–Kier alpha value is -3.21. The van der Waals surface area contributed by atoms with Crippen LogP contribution in [0.2, 0.25) is 0 Å². The summed E-state index contributed by atoms with van der Waals surface area (Å²) in [6, 6.07) is 18.5. The third-order valence-corrected chi connectivity index (χ3v) is 5.22. The van der Waals surface area contributed by atoms with Crippen LogP contribution < -0.4 is 14.2 Å². The second-order valence-corrected chi connectivity index (χ2v) is 7.01.